The Labute approximate surface area is 138 Å². The van der Waals surface area contributed by atoms with E-state index in [0.717, 1.165) is 18.5 Å². The van der Waals surface area contributed by atoms with Crippen LogP contribution in [-0.4, -0.2) is 41.3 Å². The summed E-state index contributed by atoms with van der Waals surface area (Å²) in [5, 5.41) is 8.36. The average Bonchev–Trinajstić information content (AvgIpc) is 3.23. The first kappa shape index (κ1) is 15.5. The van der Waals surface area contributed by atoms with E-state index in [0.29, 0.717) is 16.9 Å². The van der Waals surface area contributed by atoms with Crippen molar-refractivity contribution in [1.82, 2.24) is 15.2 Å². The summed E-state index contributed by atoms with van der Waals surface area (Å²) >= 11 is 1.36. The van der Waals surface area contributed by atoms with Gasteiger partial charge in [0.25, 0.3) is 5.91 Å². The molecule has 0 bridgehead atoms. The van der Waals surface area contributed by atoms with Crippen molar-refractivity contribution in [2.45, 2.75) is 18.9 Å². The average molecular weight is 330 g/mol. The first-order valence-corrected chi connectivity index (χ1v) is 8.32. The normalized spacial score (nSPS) is 13.4. The highest BCUT2D eigenvalue weighted by atomic mass is 32.1. The predicted octanol–water partition coefficient (Wildman–Crippen LogP) is 2.24. The fourth-order valence-corrected chi connectivity index (χ4v) is 2.76. The van der Waals surface area contributed by atoms with E-state index in [-0.39, 0.29) is 18.4 Å². The Hall–Kier alpha value is -2.41. The summed E-state index contributed by atoms with van der Waals surface area (Å²) in [4.78, 5) is 29.7. The molecule has 2 N–H and O–H groups in total. The molecule has 3 rings (SSSR count). The molecule has 6 nitrogen and oxygen atoms in total. The number of thiazole rings is 1. The summed E-state index contributed by atoms with van der Waals surface area (Å²) in [7, 11) is 1.61. The standard InChI is InChI=1S/C16H18N4O2S/c1-20(9-14(21)17-12-7-8-12)15(22)13-10-23-16(19-13)18-11-5-3-2-4-6-11/h2-6,10,12H,7-9H2,1H3,(H,17,21)(H,18,19). The summed E-state index contributed by atoms with van der Waals surface area (Å²) in [6, 6.07) is 9.94. The molecule has 0 spiro atoms. The van der Waals surface area contributed by atoms with Crippen molar-refractivity contribution in [3.8, 4) is 0 Å². The Bertz CT molecular complexity index is 697. The van der Waals surface area contributed by atoms with Crippen molar-refractivity contribution >= 4 is 34.0 Å². The molecule has 23 heavy (non-hydrogen) atoms. The molecule has 0 unspecified atom stereocenters. The van der Waals surface area contributed by atoms with Crippen LogP contribution in [0.1, 0.15) is 23.3 Å². The zero-order valence-corrected chi connectivity index (χ0v) is 13.6. The SMILES string of the molecule is CN(CC(=O)NC1CC1)C(=O)c1csc(Nc2ccccc2)n1. The summed E-state index contributed by atoms with van der Waals surface area (Å²) in [5.41, 5.74) is 1.26. The van der Waals surface area contributed by atoms with Gasteiger partial charge in [0.2, 0.25) is 5.91 Å². The highest BCUT2D eigenvalue weighted by Gasteiger charge is 2.25. The topological polar surface area (TPSA) is 74.3 Å². The van der Waals surface area contributed by atoms with E-state index in [1.807, 2.05) is 30.3 Å². The van der Waals surface area contributed by atoms with E-state index in [1.165, 1.54) is 16.2 Å². The van der Waals surface area contributed by atoms with Crippen molar-refractivity contribution in [3.05, 3.63) is 41.4 Å². The molecule has 0 aliphatic heterocycles. The number of benzene rings is 1. The molecule has 1 aliphatic carbocycles. The lowest BCUT2D eigenvalue weighted by atomic mass is 10.3. The third kappa shape index (κ3) is 4.29. The second-order valence-corrected chi connectivity index (χ2v) is 6.39. The first-order chi connectivity index (χ1) is 11.1. The number of likely N-dealkylation sites (N-methyl/N-ethyl adjacent to an activating group) is 1. The molecule has 1 heterocycles. The van der Waals surface area contributed by atoms with Gasteiger partial charge in [-0.3, -0.25) is 9.59 Å². The molecular weight excluding hydrogens is 312 g/mol. The highest BCUT2D eigenvalue weighted by Crippen LogP contribution is 2.21. The molecular formula is C16H18N4O2S. The summed E-state index contributed by atoms with van der Waals surface area (Å²) < 4.78 is 0. The lowest BCUT2D eigenvalue weighted by molar-refractivity contribution is -0.121. The number of amides is 2. The van der Waals surface area contributed by atoms with Crippen LogP contribution < -0.4 is 10.6 Å². The van der Waals surface area contributed by atoms with Gasteiger partial charge in [0.15, 0.2) is 5.13 Å². The molecule has 7 heteroatoms. The van der Waals surface area contributed by atoms with Crippen molar-refractivity contribution in [2.24, 2.45) is 0 Å². The van der Waals surface area contributed by atoms with Gasteiger partial charge in [-0.25, -0.2) is 4.98 Å². The van der Waals surface area contributed by atoms with Gasteiger partial charge < -0.3 is 15.5 Å². The van der Waals surface area contributed by atoms with Gasteiger partial charge in [-0.15, -0.1) is 11.3 Å². The Balaban J connectivity index is 1.57. The number of aromatic nitrogens is 1. The van der Waals surface area contributed by atoms with Crippen LogP contribution in [0.15, 0.2) is 35.7 Å². The first-order valence-electron chi connectivity index (χ1n) is 7.44. The number of para-hydroxylation sites is 1. The largest absolute Gasteiger partial charge is 0.352 e. The number of carbonyl (C=O) groups excluding carboxylic acids is 2. The van der Waals surface area contributed by atoms with Crippen LogP contribution in [0.5, 0.6) is 0 Å². The number of hydrogen-bond donors (Lipinski definition) is 2. The van der Waals surface area contributed by atoms with Crippen molar-refractivity contribution < 1.29 is 9.59 Å². The lowest BCUT2D eigenvalue weighted by Crippen LogP contribution is -2.39. The maximum atomic E-state index is 12.3. The Morgan fingerprint density at radius 3 is 2.74 bits per heavy atom. The van der Waals surface area contributed by atoms with Gasteiger partial charge >= 0.3 is 0 Å². The summed E-state index contributed by atoms with van der Waals surface area (Å²) in [6.45, 7) is 0.0499. The lowest BCUT2D eigenvalue weighted by Gasteiger charge is -2.15. The smallest absolute Gasteiger partial charge is 0.273 e. The van der Waals surface area contributed by atoms with Gasteiger partial charge in [0, 0.05) is 24.2 Å². The van der Waals surface area contributed by atoms with Gasteiger partial charge in [-0.2, -0.15) is 0 Å². The molecule has 0 atom stereocenters. The number of anilines is 2. The van der Waals surface area contributed by atoms with E-state index in [4.69, 9.17) is 0 Å². The number of nitrogens with zero attached hydrogens (tertiary/aromatic N) is 2. The van der Waals surface area contributed by atoms with Gasteiger partial charge in [0.1, 0.15) is 5.69 Å². The minimum atomic E-state index is -0.256. The van der Waals surface area contributed by atoms with E-state index >= 15 is 0 Å². The third-order valence-electron chi connectivity index (χ3n) is 3.42. The molecule has 0 saturated heterocycles. The second kappa shape index (κ2) is 6.78. The molecule has 1 aliphatic rings. The van der Waals surface area contributed by atoms with Gasteiger partial charge in [0.05, 0.1) is 6.54 Å². The van der Waals surface area contributed by atoms with Crippen LogP contribution in [0.4, 0.5) is 10.8 Å². The highest BCUT2D eigenvalue weighted by molar-refractivity contribution is 7.14. The van der Waals surface area contributed by atoms with Gasteiger partial charge in [-0.1, -0.05) is 18.2 Å². The van der Waals surface area contributed by atoms with Crippen LogP contribution in [0, 0.1) is 0 Å². The predicted molar refractivity (Wildman–Crippen MR) is 90.0 cm³/mol. The van der Waals surface area contributed by atoms with Crippen molar-refractivity contribution in [3.63, 3.8) is 0 Å². The number of nitrogens with one attached hydrogen (secondary N) is 2. The summed E-state index contributed by atoms with van der Waals surface area (Å²) in [6.07, 6.45) is 2.06. The van der Waals surface area contributed by atoms with Crippen LogP contribution in [0.25, 0.3) is 0 Å². The number of hydrogen-bond acceptors (Lipinski definition) is 5. The van der Waals surface area contributed by atoms with E-state index in [2.05, 4.69) is 15.6 Å². The molecule has 1 aromatic carbocycles. The molecule has 1 aromatic heterocycles. The van der Waals surface area contributed by atoms with Crippen LogP contribution in [-0.2, 0) is 4.79 Å². The minimum absolute atomic E-state index is 0.0499. The second-order valence-electron chi connectivity index (χ2n) is 5.53. The number of rotatable bonds is 6. The Morgan fingerprint density at radius 2 is 2.04 bits per heavy atom. The minimum Gasteiger partial charge on any atom is -0.352 e. The molecule has 1 fully saturated rings. The maximum absolute atomic E-state index is 12.3. The van der Waals surface area contributed by atoms with Crippen LogP contribution >= 0.6 is 11.3 Å². The van der Waals surface area contributed by atoms with E-state index < -0.39 is 0 Å². The van der Waals surface area contributed by atoms with Crippen LogP contribution in [0.2, 0.25) is 0 Å². The molecule has 0 radical (unpaired) electrons. The number of carbonyl (C=O) groups is 2. The third-order valence-corrected chi connectivity index (χ3v) is 4.18. The fraction of sp³-hybridized carbons (Fsp3) is 0.312. The fourth-order valence-electron chi connectivity index (χ4n) is 2.06. The zero-order valence-electron chi connectivity index (χ0n) is 12.8. The van der Waals surface area contributed by atoms with E-state index in [9.17, 15) is 9.59 Å². The molecule has 120 valence electrons. The molecule has 2 aromatic rings. The van der Waals surface area contributed by atoms with Crippen molar-refractivity contribution in [1.29, 1.82) is 0 Å². The Kier molecular flexibility index (Phi) is 4.57. The maximum Gasteiger partial charge on any atom is 0.273 e. The van der Waals surface area contributed by atoms with Crippen LogP contribution in [0.3, 0.4) is 0 Å². The van der Waals surface area contributed by atoms with Gasteiger partial charge in [-0.05, 0) is 25.0 Å². The molecule has 2 amide bonds. The monoisotopic (exact) mass is 330 g/mol. The summed E-state index contributed by atoms with van der Waals surface area (Å²) in [5.74, 6) is -0.380. The Morgan fingerprint density at radius 1 is 1.30 bits per heavy atom. The molecule has 1 saturated carbocycles. The van der Waals surface area contributed by atoms with Crippen molar-refractivity contribution in [2.75, 3.05) is 18.9 Å². The zero-order chi connectivity index (χ0) is 16.2. The quantitative estimate of drug-likeness (QED) is 0.852. The van der Waals surface area contributed by atoms with E-state index in [1.54, 1.807) is 12.4 Å².